The van der Waals surface area contributed by atoms with Gasteiger partial charge in [-0.1, -0.05) is 15.9 Å². The van der Waals surface area contributed by atoms with Gasteiger partial charge in [0.1, 0.15) is 0 Å². The highest BCUT2D eigenvalue weighted by atomic mass is 79.9. The molecule has 0 bridgehead atoms. The number of hydrogen-bond acceptors (Lipinski definition) is 3. The molecule has 106 valence electrons. The van der Waals surface area contributed by atoms with E-state index in [1.54, 1.807) is 6.07 Å². The first-order valence-electron chi connectivity index (χ1n) is 5.50. The molecule has 0 saturated heterocycles. The van der Waals surface area contributed by atoms with Crippen LogP contribution in [0.15, 0.2) is 22.7 Å². The molecular weight excluding hydrogens is 329 g/mol. The molecule has 0 aliphatic carbocycles. The Kier molecular flexibility index (Phi) is 5.74. The molecular formula is C11H12BrF3N2O2. The van der Waals surface area contributed by atoms with Gasteiger partial charge < -0.3 is 5.32 Å². The summed E-state index contributed by atoms with van der Waals surface area (Å²) in [4.78, 5) is 10.0. The Morgan fingerprint density at radius 2 is 2.05 bits per heavy atom. The minimum absolute atomic E-state index is 0.00804. The summed E-state index contributed by atoms with van der Waals surface area (Å²) in [6, 6.07) is 4.29. The number of benzene rings is 1. The number of non-ortho nitro benzene ring substituents is 1. The molecule has 0 aliphatic rings. The van der Waals surface area contributed by atoms with Gasteiger partial charge in [-0.2, -0.15) is 13.2 Å². The highest BCUT2D eigenvalue weighted by Crippen LogP contribution is 2.23. The summed E-state index contributed by atoms with van der Waals surface area (Å²) in [7, 11) is 0. The van der Waals surface area contributed by atoms with Crippen LogP contribution in [-0.4, -0.2) is 17.6 Å². The van der Waals surface area contributed by atoms with Gasteiger partial charge in [0.2, 0.25) is 0 Å². The molecule has 4 nitrogen and oxygen atoms in total. The standard InChI is InChI=1S/C11H12BrF3N2O2/c12-10-6-9(17(18)19)3-2-8(10)7-16-5-1-4-11(13,14)15/h2-3,6,16H,1,4-5,7H2. The van der Waals surface area contributed by atoms with E-state index in [2.05, 4.69) is 21.2 Å². The number of nitrogens with one attached hydrogen (secondary N) is 1. The molecule has 0 spiro atoms. The van der Waals surface area contributed by atoms with Gasteiger partial charge in [0.15, 0.2) is 0 Å². The van der Waals surface area contributed by atoms with Crippen molar-refractivity contribution in [3.63, 3.8) is 0 Å². The zero-order valence-electron chi connectivity index (χ0n) is 9.84. The first kappa shape index (κ1) is 15.9. The van der Waals surface area contributed by atoms with E-state index < -0.39 is 17.5 Å². The Labute approximate surface area is 116 Å². The average Bonchev–Trinajstić information content (AvgIpc) is 2.28. The number of nitrogens with zero attached hydrogens (tertiary/aromatic N) is 1. The van der Waals surface area contributed by atoms with Crippen molar-refractivity contribution in [2.24, 2.45) is 0 Å². The molecule has 8 heteroatoms. The monoisotopic (exact) mass is 340 g/mol. The Morgan fingerprint density at radius 3 is 2.58 bits per heavy atom. The van der Waals surface area contributed by atoms with Crippen LogP contribution in [0.2, 0.25) is 0 Å². The second kappa shape index (κ2) is 6.85. The van der Waals surface area contributed by atoms with Gasteiger partial charge in [-0.25, -0.2) is 0 Å². The topological polar surface area (TPSA) is 55.2 Å². The van der Waals surface area contributed by atoms with Gasteiger partial charge in [-0.3, -0.25) is 10.1 Å². The van der Waals surface area contributed by atoms with E-state index in [0.717, 1.165) is 5.56 Å². The van der Waals surface area contributed by atoms with Gasteiger partial charge in [-0.15, -0.1) is 0 Å². The van der Waals surface area contributed by atoms with Gasteiger partial charge in [-0.05, 0) is 24.6 Å². The van der Waals surface area contributed by atoms with Crippen molar-refractivity contribution in [3.05, 3.63) is 38.3 Å². The highest BCUT2D eigenvalue weighted by Gasteiger charge is 2.25. The van der Waals surface area contributed by atoms with Gasteiger partial charge >= 0.3 is 6.18 Å². The van der Waals surface area contributed by atoms with Crippen molar-refractivity contribution in [2.45, 2.75) is 25.6 Å². The third-order valence-corrected chi connectivity index (χ3v) is 3.11. The molecule has 0 aliphatic heterocycles. The molecule has 19 heavy (non-hydrogen) atoms. The minimum Gasteiger partial charge on any atom is -0.313 e. The Balaban J connectivity index is 2.40. The molecule has 0 amide bonds. The lowest BCUT2D eigenvalue weighted by atomic mass is 10.2. The van der Waals surface area contributed by atoms with E-state index in [-0.39, 0.29) is 18.7 Å². The van der Waals surface area contributed by atoms with Gasteiger partial charge in [0.05, 0.1) is 4.92 Å². The predicted molar refractivity (Wildman–Crippen MR) is 67.8 cm³/mol. The predicted octanol–water partition coefficient (Wildman–Crippen LogP) is 3.79. The summed E-state index contributed by atoms with van der Waals surface area (Å²) < 4.78 is 36.2. The largest absolute Gasteiger partial charge is 0.389 e. The molecule has 0 unspecified atom stereocenters. The summed E-state index contributed by atoms with van der Waals surface area (Å²) >= 11 is 3.19. The van der Waals surface area contributed by atoms with E-state index in [1.165, 1.54) is 12.1 Å². The summed E-state index contributed by atoms with van der Waals surface area (Å²) in [5, 5.41) is 13.4. The van der Waals surface area contributed by atoms with Crippen LogP contribution in [0.4, 0.5) is 18.9 Å². The van der Waals surface area contributed by atoms with Crippen LogP contribution in [-0.2, 0) is 6.54 Å². The van der Waals surface area contributed by atoms with Crippen molar-refractivity contribution in [2.75, 3.05) is 6.54 Å². The molecule has 1 N–H and O–H groups in total. The third-order valence-electron chi connectivity index (χ3n) is 2.38. The smallest absolute Gasteiger partial charge is 0.313 e. The lowest BCUT2D eigenvalue weighted by molar-refractivity contribution is -0.384. The molecule has 0 heterocycles. The summed E-state index contributed by atoms with van der Waals surface area (Å²) in [5.74, 6) is 0. The SMILES string of the molecule is O=[N+]([O-])c1ccc(CNCCCC(F)(F)F)c(Br)c1. The van der Waals surface area contributed by atoms with Crippen LogP contribution in [0.5, 0.6) is 0 Å². The van der Waals surface area contributed by atoms with Crippen molar-refractivity contribution in [1.29, 1.82) is 0 Å². The van der Waals surface area contributed by atoms with Crippen molar-refractivity contribution in [3.8, 4) is 0 Å². The van der Waals surface area contributed by atoms with Crippen LogP contribution < -0.4 is 5.32 Å². The summed E-state index contributed by atoms with van der Waals surface area (Å²) in [6.07, 6.45) is -4.94. The Hall–Kier alpha value is -1.15. The molecule has 0 radical (unpaired) electrons. The Morgan fingerprint density at radius 1 is 1.37 bits per heavy atom. The van der Waals surface area contributed by atoms with E-state index in [0.29, 0.717) is 11.0 Å². The number of nitro groups is 1. The van der Waals surface area contributed by atoms with E-state index in [4.69, 9.17) is 0 Å². The van der Waals surface area contributed by atoms with Crippen LogP contribution in [0.1, 0.15) is 18.4 Å². The molecule has 1 rings (SSSR count). The second-order valence-corrected chi connectivity index (χ2v) is 4.78. The summed E-state index contributed by atoms with van der Waals surface area (Å²) in [6.45, 7) is 0.597. The van der Waals surface area contributed by atoms with Crippen molar-refractivity contribution in [1.82, 2.24) is 5.32 Å². The van der Waals surface area contributed by atoms with E-state index in [1.807, 2.05) is 0 Å². The zero-order chi connectivity index (χ0) is 14.5. The molecule has 0 atom stereocenters. The molecule has 0 aromatic heterocycles. The lowest BCUT2D eigenvalue weighted by Crippen LogP contribution is -2.18. The fourth-order valence-corrected chi connectivity index (χ4v) is 1.94. The Bertz CT molecular complexity index is 452. The fourth-order valence-electron chi connectivity index (χ4n) is 1.43. The fraction of sp³-hybridized carbons (Fsp3) is 0.455. The van der Waals surface area contributed by atoms with Crippen LogP contribution in [0, 0.1) is 10.1 Å². The first-order valence-corrected chi connectivity index (χ1v) is 6.29. The average molecular weight is 341 g/mol. The number of halogens is 4. The van der Waals surface area contributed by atoms with Gasteiger partial charge in [0.25, 0.3) is 5.69 Å². The maximum atomic E-state index is 11.9. The second-order valence-electron chi connectivity index (χ2n) is 3.93. The minimum atomic E-state index is -4.13. The van der Waals surface area contributed by atoms with E-state index >= 15 is 0 Å². The number of hydrogen-bond donors (Lipinski definition) is 1. The highest BCUT2D eigenvalue weighted by molar-refractivity contribution is 9.10. The van der Waals surface area contributed by atoms with Crippen molar-refractivity contribution < 1.29 is 18.1 Å². The quantitative estimate of drug-likeness (QED) is 0.487. The third kappa shape index (κ3) is 6.02. The van der Waals surface area contributed by atoms with E-state index in [9.17, 15) is 23.3 Å². The molecule has 0 saturated carbocycles. The molecule has 1 aromatic rings. The number of nitro benzene ring substituents is 1. The lowest BCUT2D eigenvalue weighted by Gasteiger charge is -2.08. The van der Waals surface area contributed by atoms with Crippen LogP contribution in [0.25, 0.3) is 0 Å². The zero-order valence-corrected chi connectivity index (χ0v) is 11.4. The molecule has 0 fully saturated rings. The van der Waals surface area contributed by atoms with Crippen LogP contribution >= 0.6 is 15.9 Å². The number of rotatable bonds is 6. The first-order chi connectivity index (χ1) is 8.79. The maximum absolute atomic E-state index is 11.9. The van der Waals surface area contributed by atoms with Crippen LogP contribution in [0.3, 0.4) is 0 Å². The van der Waals surface area contributed by atoms with Gasteiger partial charge in [0, 0.05) is 29.6 Å². The number of alkyl halides is 3. The normalized spacial score (nSPS) is 11.6. The maximum Gasteiger partial charge on any atom is 0.389 e. The summed E-state index contributed by atoms with van der Waals surface area (Å²) in [5.41, 5.74) is 0.727. The molecule has 1 aromatic carbocycles. The van der Waals surface area contributed by atoms with Crippen molar-refractivity contribution >= 4 is 21.6 Å².